The molecule has 0 aliphatic carbocycles. The largest absolute Gasteiger partial charge is 0.476 e. The van der Waals surface area contributed by atoms with Crippen molar-refractivity contribution in [3.8, 4) is 11.3 Å². The third-order valence-electron chi connectivity index (χ3n) is 2.20. The molecule has 0 bridgehead atoms. The molecule has 1 aromatic heterocycles. The Bertz CT molecular complexity index is 521. The molecule has 2 aromatic rings. The fourth-order valence-electron chi connectivity index (χ4n) is 1.33. The van der Waals surface area contributed by atoms with E-state index in [1.807, 2.05) is 31.2 Å². The number of carboxylic acids is 1. The van der Waals surface area contributed by atoms with Crippen LogP contribution >= 0.6 is 0 Å². The van der Waals surface area contributed by atoms with Crippen molar-refractivity contribution in [1.82, 2.24) is 9.97 Å². The number of aromatic carboxylic acids is 1. The summed E-state index contributed by atoms with van der Waals surface area (Å²) in [7, 11) is 0. The molecule has 1 aromatic carbocycles. The van der Waals surface area contributed by atoms with Crippen LogP contribution < -0.4 is 0 Å². The van der Waals surface area contributed by atoms with Gasteiger partial charge in [-0.3, -0.25) is 4.98 Å². The van der Waals surface area contributed by atoms with Crippen LogP contribution in [0.3, 0.4) is 0 Å². The molecular weight excluding hydrogens is 204 g/mol. The van der Waals surface area contributed by atoms with Crippen LogP contribution in [-0.4, -0.2) is 21.0 Å². The van der Waals surface area contributed by atoms with E-state index in [1.54, 1.807) is 6.20 Å². The molecule has 4 nitrogen and oxygen atoms in total. The number of carboxylic acid groups (broad SMARTS) is 1. The average Bonchev–Trinajstić information content (AvgIpc) is 2.30. The Kier molecular flexibility index (Phi) is 2.64. The zero-order valence-electron chi connectivity index (χ0n) is 8.71. The number of aryl methyl sites for hydroxylation is 1. The topological polar surface area (TPSA) is 63.1 Å². The van der Waals surface area contributed by atoms with Crippen LogP contribution in [-0.2, 0) is 0 Å². The van der Waals surface area contributed by atoms with Gasteiger partial charge >= 0.3 is 5.97 Å². The summed E-state index contributed by atoms with van der Waals surface area (Å²) >= 11 is 0. The van der Waals surface area contributed by atoms with Crippen LogP contribution in [0.1, 0.15) is 16.1 Å². The normalized spacial score (nSPS) is 10.1. The van der Waals surface area contributed by atoms with Gasteiger partial charge in [-0.25, -0.2) is 9.78 Å². The minimum absolute atomic E-state index is 0.0434. The second-order valence-corrected chi connectivity index (χ2v) is 3.46. The van der Waals surface area contributed by atoms with Crippen molar-refractivity contribution in [3.05, 3.63) is 47.9 Å². The SMILES string of the molecule is Cc1ccc(-c2cncc(C(=O)O)n2)cc1. The first-order valence-electron chi connectivity index (χ1n) is 4.79. The van der Waals surface area contributed by atoms with Crippen molar-refractivity contribution < 1.29 is 9.90 Å². The van der Waals surface area contributed by atoms with Gasteiger partial charge in [0.25, 0.3) is 0 Å². The van der Waals surface area contributed by atoms with Gasteiger partial charge in [0.05, 0.1) is 18.1 Å². The Morgan fingerprint density at radius 3 is 2.50 bits per heavy atom. The number of nitrogens with zero attached hydrogens (tertiary/aromatic N) is 2. The van der Waals surface area contributed by atoms with Crippen LogP contribution in [0.15, 0.2) is 36.7 Å². The standard InChI is InChI=1S/C12H10N2O2/c1-8-2-4-9(5-3-8)10-6-13-7-11(14-10)12(15)16/h2-7H,1H3,(H,15,16). The van der Waals surface area contributed by atoms with E-state index in [2.05, 4.69) is 9.97 Å². The monoisotopic (exact) mass is 214 g/mol. The summed E-state index contributed by atoms with van der Waals surface area (Å²) in [6, 6.07) is 7.69. The summed E-state index contributed by atoms with van der Waals surface area (Å²) in [5.74, 6) is -1.07. The van der Waals surface area contributed by atoms with E-state index in [-0.39, 0.29) is 5.69 Å². The predicted octanol–water partition coefficient (Wildman–Crippen LogP) is 2.15. The van der Waals surface area contributed by atoms with Gasteiger partial charge in [-0.2, -0.15) is 0 Å². The lowest BCUT2D eigenvalue weighted by Crippen LogP contribution is -2.01. The molecule has 0 radical (unpaired) electrons. The van der Waals surface area contributed by atoms with Gasteiger partial charge in [0, 0.05) is 5.56 Å². The number of hydrogen-bond donors (Lipinski definition) is 1. The molecule has 0 atom stereocenters. The molecule has 2 rings (SSSR count). The zero-order valence-corrected chi connectivity index (χ0v) is 8.71. The highest BCUT2D eigenvalue weighted by atomic mass is 16.4. The van der Waals surface area contributed by atoms with Gasteiger partial charge < -0.3 is 5.11 Å². The molecule has 0 saturated heterocycles. The van der Waals surface area contributed by atoms with Gasteiger partial charge in [0.1, 0.15) is 0 Å². The predicted molar refractivity (Wildman–Crippen MR) is 59.2 cm³/mol. The van der Waals surface area contributed by atoms with Crippen molar-refractivity contribution in [2.45, 2.75) is 6.92 Å². The van der Waals surface area contributed by atoms with Gasteiger partial charge in [0.15, 0.2) is 5.69 Å². The maximum atomic E-state index is 10.7. The molecule has 0 fully saturated rings. The van der Waals surface area contributed by atoms with Crippen LogP contribution in [0.4, 0.5) is 0 Å². The Balaban J connectivity index is 2.44. The Morgan fingerprint density at radius 1 is 1.19 bits per heavy atom. The maximum absolute atomic E-state index is 10.7. The van der Waals surface area contributed by atoms with Crippen molar-refractivity contribution >= 4 is 5.97 Å². The average molecular weight is 214 g/mol. The molecule has 1 heterocycles. The summed E-state index contributed by atoms with van der Waals surface area (Å²) in [4.78, 5) is 18.6. The molecule has 0 aliphatic heterocycles. The number of hydrogen-bond acceptors (Lipinski definition) is 3. The van der Waals surface area contributed by atoms with Gasteiger partial charge in [-0.1, -0.05) is 29.8 Å². The first kappa shape index (κ1) is 10.3. The fraction of sp³-hybridized carbons (Fsp3) is 0.0833. The van der Waals surface area contributed by atoms with Crippen LogP contribution in [0.5, 0.6) is 0 Å². The number of carbonyl (C=O) groups is 1. The molecule has 0 saturated carbocycles. The molecule has 0 aliphatic rings. The van der Waals surface area contributed by atoms with Gasteiger partial charge in [-0.15, -0.1) is 0 Å². The molecule has 0 spiro atoms. The van der Waals surface area contributed by atoms with Crippen LogP contribution in [0, 0.1) is 6.92 Å². The molecule has 4 heteroatoms. The molecular formula is C12H10N2O2. The molecule has 80 valence electrons. The van der Waals surface area contributed by atoms with Crippen LogP contribution in [0.25, 0.3) is 11.3 Å². The molecule has 0 amide bonds. The van der Waals surface area contributed by atoms with Gasteiger partial charge in [0.2, 0.25) is 0 Å². The number of benzene rings is 1. The van der Waals surface area contributed by atoms with Crippen LogP contribution in [0.2, 0.25) is 0 Å². The van der Waals surface area contributed by atoms with E-state index >= 15 is 0 Å². The third kappa shape index (κ3) is 2.06. The number of rotatable bonds is 2. The fourth-order valence-corrected chi connectivity index (χ4v) is 1.33. The summed E-state index contributed by atoms with van der Waals surface area (Å²) in [6.45, 7) is 1.99. The smallest absolute Gasteiger partial charge is 0.356 e. The van der Waals surface area contributed by atoms with E-state index in [0.717, 1.165) is 11.1 Å². The lowest BCUT2D eigenvalue weighted by atomic mass is 10.1. The minimum atomic E-state index is -1.07. The van der Waals surface area contributed by atoms with Crippen molar-refractivity contribution in [1.29, 1.82) is 0 Å². The molecule has 0 unspecified atom stereocenters. The highest BCUT2D eigenvalue weighted by molar-refractivity contribution is 5.85. The first-order valence-corrected chi connectivity index (χ1v) is 4.79. The van der Waals surface area contributed by atoms with Crippen molar-refractivity contribution in [3.63, 3.8) is 0 Å². The van der Waals surface area contributed by atoms with E-state index in [1.165, 1.54) is 6.20 Å². The maximum Gasteiger partial charge on any atom is 0.356 e. The first-order chi connectivity index (χ1) is 7.66. The second-order valence-electron chi connectivity index (χ2n) is 3.46. The Labute approximate surface area is 92.6 Å². The minimum Gasteiger partial charge on any atom is -0.476 e. The number of aromatic nitrogens is 2. The summed E-state index contributed by atoms with van der Waals surface area (Å²) < 4.78 is 0. The highest BCUT2D eigenvalue weighted by Crippen LogP contribution is 2.16. The molecule has 16 heavy (non-hydrogen) atoms. The van der Waals surface area contributed by atoms with E-state index in [0.29, 0.717) is 5.69 Å². The Hall–Kier alpha value is -2.23. The van der Waals surface area contributed by atoms with Crippen molar-refractivity contribution in [2.24, 2.45) is 0 Å². The summed E-state index contributed by atoms with van der Waals surface area (Å²) in [6.07, 6.45) is 2.79. The van der Waals surface area contributed by atoms with Crippen molar-refractivity contribution in [2.75, 3.05) is 0 Å². The third-order valence-corrected chi connectivity index (χ3v) is 2.20. The molecule has 1 N–H and O–H groups in total. The summed E-state index contributed by atoms with van der Waals surface area (Å²) in [5, 5.41) is 8.80. The zero-order chi connectivity index (χ0) is 11.5. The highest BCUT2D eigenvalue weighted by Gasteiger charge is 2.07. The van der Waals surface area contributed by atoms with E-state index in [9.17, 15) is 4.79 Å². The van der Waals surface area contributed by atoms with Gasteiger partial charge in [-0.05, 0) is 6.92 Å². The Morgan fingerprint density at radius 2 is 1.88 bits per heavy atom. The van der Waals surface area contributed by atoms with E-state index < -0.39 is 5.97 Å². The summed E-state index contributed by atoms with van der Waals surface area (Å²) in [5.41, 5.74) is 2.53. The second kappa shape index (κ2) is 4.10. The lowest BCUT2D eigenvalue weighted by molar-refractivity contribution is 0.0690. The quantitative estimate of drug-likeness (QED) is 0.831. The lowest BCUT2D eigenvalue weighted by Gasteiger charge is -2.01. The van der Waals surface area contributed by atoms with E-state index in [4.69, 9.17) is 5.11 Å².